The monoisotopic (exact) mass is 433 g/mol. The highest BCUT2D eigenvalue weighted by molar-refractivity contribution is 7.99. The van der Waals surface area contributed by atoms with Gasteiger partial charge in [0.05, 0.1) is 16.9 Å². The first-order valence-electron chi connectivity index (χ1n) is 10.5. The maximum absolute atomic E-state index is 12.6. The first kappa shape index (κ1) is 18.9. The molecule has 3 heterocycles. The van der Waals surface area contributed by atoms with Gasteiger partial charge in [0, 0.05) is 38.7 Å². The number of nitrogens with zero attached hydrogens (tertiary/aromatic N) is 1. The molecule has 0 atom stereocenters. The molecule has 3 aromatic carbocycles. The Morgan fingerprint density at radius 1 is 0.844 bits per heavy atom. The number of H-pyrrole nitrogens is 1. The molecule has 6 rings (SSSR count). The summed E-state index contributed by atoms with van der Waals surface area (Å²) in [5.74, 6) is -0.0607. The van der Waals surface area contributed by atoms with Gasteiger partial charge in [-0.3, -0.25) is 9.78 Å². The van der Waals surface area contributed by atoms with Crippen molar-refractivity contribution in [3.8, 4) is 11.3 Å². The lowest BCUT2D eigenvalue weighted by Crippen LogP contribution is -2.11. The number of rotatable bonds is 3. The predicted octanol–water partition coefficient (Wildman–Crippen LogP) is 6.54. The summed E-state index contributed by atoms with van der Waals surface area (Å²) < 4.78 is 0. The fourth-order valence-electron chi connectivity index (χ4n) is 4.07. The standard InChI is InChI=1S/C27H19N3OS/c31-27-21-3-1-2-4-25(21)32-26-10-6-17(14-24(26)30-27)13-18-5-8-23(29-16-18)19-7-9-22-20(15-19)11-12-28-22/h1-12,14-16,28H,13H2,(H,30,31). The molecule has 0 bridgehead atoms. The molecule has 4 nitrogen and oxygen atoms in total. The molecule has 32 heavy (non-hydrogen) atoms. The molecule has 0 saturated heterocycles. The highest BCUT2D eigenvalue weighted by Gasteiger charge is 2.19. The molecule has 2 N–H and O–H groups in total. The molecule has 0 spiro atoms. The number of carbonyl (C=O) groups is 1. The number of fused-ring (bicyclic) bond motifs is 3. The highest BCUT2D eigenvalue weighted by atomic mass is 32.2. The Morgan fingerprint density at radius 2 is 1.75 bits per heavy atom. The van der Waals surface area contributed by atoms with E-state index >= 15 is 0 Å². The number of benzene rings is 3. The second kappa shape index (κ2) is 7.70. The number of aromatic nitrogens is 2. The molecule has 0 unspecified atom stereocenters. The molecule has 0 saturated carbocycles. The molecule has 0 fully saturated rings. The van der Waals surface area contributed by atoms with Crippen LogP contribution in [0.1, 0.15) is 21.5 Å². The molecule has 2 aromatic heterocycles. The van der Waals surface area contributed by atoms with E-state index in [9.17, 15) is 4.79 Å². The number of hydrogen-bond acceptors (Lipinski definition) is 3. The van der Waals surface area contributed by atoms with Gasteiger partial charge in [0.15, 0.2) is 0 Å². The third kappa shape index (κ3) is 3.47. The van der Waals surface area contributed by atoms with Crippen LogP contribution in [0, 0.1) is 0 Å². The summed E-state index contributed by atoms with van der Waals surface area (Å²) in [5, 5.41) is 4.25. The van der Waals surface area contributed by atoms with Crippen molar-refractivity contribution in [3.63, 3.8) is 0 Å². The van der Waals surface area contributed by atoms with Crippen LogP contribution in [0.15, 0.2) is 101 Å². The van der Waals surface area contributed by atoms with Gasteiger partial charge in [-0.05, 0) is 66.1 Å². The number of aromatic amines is 1. The van der Waals surface area contributed by atoms with Crippen LogP contribution >= 0.6 is 11.8 Å². The largest absolute Gasteiger partial charge is 0.361 e. The minimum atomic E-state index is -0.0607. The highest BCUT2D eigenvalue weighted by Crippen LogP contribution is 2.39. The smallest absolute Gasteiger partial charge is 0.256 e. The molecule has 0 radical (unpaired) electrons. The summed E-state index contributed by atoms with van der Waals surface area (Å²) in [6.45, 7) is 0. The molecule has 0 aliphatic carbocycles. The van der Waals surface area contributed by atoms with E-state index in [1.54, 1.807) is 11.8 Å². The van der Waals surface area contributed by atoms with Crippen molar-refractivity contribution >= 4 is 34.3 Å². The summed E-state index contributed by atoms with van der Waals surface area (Å²) in [5.41, 5.74) is 7.03. The maximum Gasteiger partial charge on any atom is 0.256 e. The summed E-state index contributed by atoms with van der Waals surface area (Å²) in [6, 6.07) is 26.6. The van der Waals surface area contributed by atoms with Crippen LogP contribution in [0.5, 0.6) is 0 Å². The van der Waals surface area contributed by atoms with Crippen molar-refractivity contribution in [3.05, 3.63) is 108 Å². The van der Waals surface area contributed by atoms with Crippen molar-refractivity contribution in [1.29, 1.82) is 0 Å². The van der Waals surface area contributed by atoms with E-state index < -0.39 is 0 Å². The van der Waals surface area contributed by atoms with Crippen LogP contribution in [0.4, 0.5) is 5.69 Å². The number of nitrogens with one attached hydrogen (secondary N) is 2. The molecule has 1 aliphatic rings. The zero-order valence-electron chi connectivity index (χ0n) is 17.1. The van der Waals surface area contributed by atoms with Gasteiger partial charge in [-0.25, -0.2) is 0 Å². The molecule has 1 aliphatic heterocycles. The molecule has 1 amide bonds. The minimum Gasteiger partial charge on any atom is -0.361 e. The van der Waals surface area contributed by atoms with Crippen molar-refractivity contribution in [2.75, 3.05) is 5.32 Å². The maximum atomic E-state index is 12.6. The average Bonchev–Trinajstić information content (AvgIpc) is 3.24. The summed E-state index contributed by atoms with van der Waals surface area (Å²) in [6.07, 6.45) is 4.64. The van der Waals surface area contributed by atoms with E-state index in [1.165, 1.54) is 5.39 Å². The Kier molecular flexibility index (Phi) is 4.55. The van der Waals surface area contributed by atoms with Gasteiger partial charge in [-0.2, -0.15) is 0 Å². The van der Waals surface area contributed by atoms with Gasteiger partial charge in [0.2, 0.25) is 0 Å². The van der Waals surface area contributed by atoms with E-state index in [4.69, 9.17) is 4.98 Å². The quantitative estimate of drug-likeness (QED) is 0.340. The van der Waals surface area contributed by atoms with Crippen LogP contribution in [-0.4, -0.2) is 15.9 Å². The lowest BCUT2D eigenvalue weighted by Gasteiger charge is -2.10. The number of hydrogen-bond donors (Lipinski definition) is 2. The molecule has 5 aromatic rings. The van der Waals surface area contributed by atoms with Crippen LogP contribution in [-0.2, 0) is 6.42 Å². The van der Waals surface area contributed by atoms with Crippen LogP contribution in [0.3, 0.4) is 0 Å². The normalized spacial score (nSPS) is 12.7. The Hall–Kier alpha value is -3.83. The van der Waals surface area contributed by atoms with Crippen molar-refractivity contribution in [2.24, 2.45) is 0 Å². The third-order valence-electron chi connectivity index (χ3n) is 5.73. The Balaban J connectivity index is 1.24. The Morgan fingerprint density at radius 3 is 2.66 bits per heavy atom. The minimum absolute atomic E-state index is 0.0607. The fourth-order valence-corrected chi connectivity index (χ4v) is 5.08. The van der Waals surface area contributed by atoms with Crippen LogP contribution in [0.2, 0.25) is 0 Å². The Labute approximate surface area is 189 Å². The van der Waals surface area contributed by atoms with Gasteiger partial charge < -0.3 is 10.3 Å². The van der Waals surface area contributed by atoms with Crippen LogP contribution in [0.25, 0.3) is 22.2 Å². The molecule has 154 valence electrons. The zero-order chi connectivity index (χ0) is 21.5. The van der Waals surface area contributed by atoms with Gasteiger partial charge in [0.1, 0.15) is 0 Å². The van der Waals surface area contributed by atoms with Gasteiger partial charge in [-0.15, -0.1) is 0 Å². The predicted molar refractivity (Wildman–Crippen MR) is 129 cm³/mol. The van der Waals surface area contributed by atoms with Crippen LogP contribution < -0.4 is 5.32 Å². The van der Waals surface area contributed by atoms with Crippen molar-refractivity contribution in [2.45, 2.75) is 16.2 Å². The number of anilines is 1. The summed E-state index contributed by atoms with van der Waals surface area (Å²) in [4.78, 5) is 22.6. The second-order valence-corrected chi connectivity index (χ2v) is 8.97. The molecule has 5 heteroatoms. The SMILES string of the molecule is O=C1Nc2cc(Cc3ccc(-c4ccc5[nH]ccc5c4)nc3)ccc2Sc2ccccc21. The molecular weight excluding hydrogens is 414 g/mol. The first-order valence-corrected chi connectivity index (χ1v) is 11.3. The number of pyridine rings is 1. The van der Waals surface area contributed by atoms with E-state index in [0.29, 0.717) is 5.56 Å². The third-order valence-corrected chi connectivity index (χ3v) is 6.88. The topological polar surface area (TPSA) is 57.8 Å². The average molecular weight is 434 g/mol. The van der Waals surface area contributed by atoms with Gasteiger partial charge in [0.25, 0.3) is 5.91 Å². The Bertz CT molecular complexity index is 1470. The number of carbonyl (C=O) groups excluding carboxylic acids is 1. The second-order valence-electron chi connectivity index (χ2n) is 7.89. The van der Waals surface area contributed by atoms with Crippen molar-refractivity contribution in [1.82, 2.24) is 9.97 Å². The van der Waals surface area contributed by atoms with E-state index in [0.717, 1.165) is 49.8 Å². The van der Waals surface area contributed by atoms with E-state index in [2.05, 4.69) is 64.9 Å². The fraction of sp³-hybridized carbons (Fsp3) is 0.0370. The lowest BCUT2D eigenvalue weighted by atomic mass is 10.0. The zero-order valence-corrected chi connectivity index (χ0v) is 17.9. The number of amides is 1. The van der Waals surface area contributed by atoms with E-state index in [1.807, 2.05) is 36.7 Å². The van der Waals surface area contributed by atoms with Gasteiger partial charge >= 0.3 is 0 Å². The van der Waals surface area contributed by atoms with Crippen molar-refractivity contribution < 1.29 is 4.79 Å². The molecular formula is C27H19N3OS. The first-order chi connectivity index (χ1) is 15.7. The van der Waals surface area contributed by atoms with E-state index in [-0.39, 0.29) is 5.91 Å². The summed E-state index contributed by atoms with van der Waals surface area (Å²) >= 11 is 1.63. The lowest BCUT2D eigenvalue weighted by molar-refractivity contribution is 0.102. The summed E-state index contributed by atoms with van der Waals surface area (Å²) in [7, 11) is 0. The van der Waals surface area contributed by atoms with Gasteiger partial charge in [-0.1, -0.05) is 42.1 Å².